The summed E-state index contributed by atoms with van der Waals surface area (Å²) in [4.78, 5) is 52.1. The van der Waals surface area contributed by atoms with E-state index >= 15 is 0 Å². The molecule has 8 bridgehead atoms. The summed E-state index contributed by atoms with van der Waals surface area (Å²) in [5, 5.41) is 16.6. The summed E-state index contributed by atoms with van der Waals surface area (Å²) in [6.45, 7) is 21.2. The number of aliphatic hydroxyl groups excluding tert-OH is 1. The highest BCUT2D eigenvalue weighted by atomic mass is 16.5. The number of fused-ring (bicyclic) bond motifs is 7. The fourth-order valence-corrected chi connectivity index (χ4v) is 9.55. The SMILES string of the molecule is C=Cc1c2[nH]c(c1C)/C=C1\N/C(=C3\c4[nH]c(c(C)c4C(=O)[C@@H]3C(=O)OC)/C=c3\[nH]/c(c(C)c3CC)=C\2)[C@@H](CCC(=O)OC/C=C(\C)CCC[C@H](C)CCCC(C)C)[C@@H]1CO. The van der Waals surface area contributed by atoms with Crippen molar-refractivity contribution >= 4 is 47.6 Å². The number of carbonyl (C=O) groups is 3. The molecule has 1 saturated heterocycles. The average Bonchev–Trinajstić information content (AvgIpc) is 3.96. The maximum Gasteiger partial charge on any atom is 0.321 e. The van der Waals surface area contributed by atoms with Crippen LogP contribution in [0.2, 0.25) is 0 Å². The molecule has 0 amide bonds. The van der Waals surface area contributed by atoms with Crippen LogP contribution < -0.4 is 16.0 Å². The molecule has 0 aromatic carbocycles. The zero-order valence-electron chi connectivity index (χ0n) is 37.2. The first kappa shape index (κ1) is 44.5. The van der Waals surface area contributed by atoms with Crippen LogP contribution >= 0.6 is 0 Å². The Labute approximate surface area is 355 Å². The predicted octanol–water partition coefficient (Wildman–Crippen LogP) is 8.24. The topological polar surface area (TPSA) is 149 Å². The van der Waals surface area contributed by atoms with Gasteiger partial charge in [0.15, 0.2) is 5.78 Å². The van der Waals surface area contributed by atoms with Crippen molar-refractivity contribution in [1.29, 1.82) is 0 Å². The van der Waals surface area contributed by atoms with Crippen LogP contribution in [0.25, 0.3) is 29.9 Å². The molecule has 2 aliphatic heterocycles. The Morgan fingerprint density at radius 3 is 2.30 bits per heavy atom. The first-order valence-corrected chi connectivity index (χ1v) is 22.0. The molecule has 10 nitrogen and oxygen atoms in total. The van der Waals surface area contributed by atoms with Crippen molar-refractivity contribution in [2.24, 2.45) is 29.6 Å². The van der Waals surface area contributed by atoms with Crippen molar-refractivity contribution in [3.8, 4) is 0 Å². The summed E-state index contributed by atoms with van der Waals surface area (Å²) in [6.07, 6.45) is 18.3. The van der Waals surface area contributed by atoms with Crippen molar-refractivity contribution < 1.29 is 29.0 Å². The molecule has 1 fully saturated rings. The third-order valence-electron chi connectivity index (χ3n) is 13.1. The standard InChI is InChI=1S/C50H66N4O6/c1-11-33-31(8)38-24-42-36(26-55)35(19-20-43(56)60-22-21-29(6)18-14-17-28(5)16-13-15-27(3)4)47(54-42)45-46(50(58)59-10)49(57)44-32(9)39(53-48(44)45)25-41-34(12-2)30(7)37(51-41)23-40(33)52-38/h11,21,23-25,27-28,35-36,46,51-55H,1,12-20,22,26H2,2-10H3/b29-21+,37-23-,41-25-,42-24-,47-45-/t28-,35+,36+,46-/m1/s1. The molecule has 0 spiro atoms. The van der Waals surface area contributed by atoms with Crippen LogP contribution in [0.15, 0.2) is 29.6 Å². The van der Waals surface area contributed by atoms with Gasteiger partial charge in [-0.25, -0.2) is 0 Å². The maximum absolute atomic E-state index is 14.4. The highest BCUT2D eigenvalue weighted by Crippen LogP contribution is 2.48. The second-order valence-corrected chi connectivity index (χ2v) is 17.7. The van der Waals surface area contributed by atoms with Gasteiger partial charge in [0.05, 0.1) is 19.4 Å². The molecule has 6 rings (SSSR count). The van der Waals surface area contributed by atoms with Crippen molar-refractivity contribution in [2.75, 3.05) is 20.3 Å². The number of ketones is 1. The van der Waals surface area contributed by atoms with Gasteiger partial charge < -0.3 is 34.8 Å². The second kappa shape index (κ2) is 19.1. The number of carbonyl (C=O) groups excluding carboxylic acids is 3. The fourth-order valence-electron chi connectivity index (χ4n) is 9.55. The normalized spacial score (nSPS) is 22.1. The molecule has 5 heterocycles. The number of methoxy groups -OCH3 is 1. The van der Waals surface area contributed by atoms with Gasteiger partial charge in [0.2, 0.25) is 0 Å². The quantitative estimate of drug-likeness (QED) is 0.0524. The van der Waals surface area contributed by atoms with Crippen molar-refractivity contribution in [3.05, 3.63) is 96.5 Å². The smallest absolute Gasteiger partial charge is 0.321 e. The summed E-state index contributed by atoms with van der Waals surface area (Å²) in [7, 11) is 1.29. The Morgan fingerprint density at radius 2 is 1.62 bits per heavy atom. The lowest BCUT2D eigenvalue weighted by Crippen LogP contribution is -2.25. The minimum Gasteiger partial charge on any atom is -0.468 e. The zero-order chi connectivity index (χ0) is 43.4. The summed E-state index contributed by atoms with van der Waals surface area (Å²) in [6, 6.07) is 0. The number of ether oxygens (including phenoxy) is 2. The average molecular weight is 819 g/mol. The van der Waals surface area contributed by atoms with E-state index in [0.29, 0.717) is 40.6 Å². The van der Waals surface area contributed by atoms with Gasteiger partial charge in [0.25, 0.3) is 0 Å². The van der Waals surface area contributed by atoms with Gasteiger partial charge >= 0.3 is 11.9 Å². The Morgan fingerprint density at radius 1 is 0.900 bits per heavy atom. The summed E-state index contributed by atoms with van der Waals surface area (Å²) >= 11 is 0. The van der Waals surface area contributed by atoms with Crippen LogP contribution in [0, 0.1) is 50.4 Å². The maximum atomic E-state index is 14.4. The first-order valence-electron chi connectivity index (χ1n) is 22.0. The summed E-state index contributed by atoms with van der Waals surface area (Å²) < 4.78 is 11.0. The van der Waals surface area contributed by atoms with E-state index in [1.165, 1.54) is 38.4 Å². The van der Waals surface area contributed by atoms with Gasteiger partial charge in [-0.15, -0.1) is 0 Å². The van der Waals surface area contributed by atoms with Crippen molar-refractivity contribution in [2.45, 2.75) is 113 Å². The van der Waals surface area contributed by atoms with Crippen LogP contribution in [0.4, 0.5) is 0 Å². The molecule has 4 atom stereocenters. The minimum absolute atomic E-state index is 0.0789. The van der Waals surface area contributed by atoms with E-state index in [1.807, 2.05) is 38.2 Å². The minimum atomic E-state index is -1.22. The van der Waals surface area contributed by atoms with E-state index in [-0.39, 0.29) is 31.4 Å². The van der Waals surface area contributed by atoms with Crippen LogP contribution in [0.5, 0.6) is 0 Å². The number of rotatable bonds is 17. The molecule has 0 unspecified atom stereocenters. The van der Waals surface area contributed by atoms with Crippen molar-refractivity contribution in [1.82, 2.24) is 20.3 Å². The van der Waals surface area contributed by atoms with Gasteiger partial charge in [-0.1, -0.05) is 71.6 Å². The number of nitrogens with one attached hydrogen (secondary N) is 4. The van der Waals surface area contributed by atoms with Crippen molar-refractivity contribution in [3.63, 3.8) is 0 Å². The number of esters is 2. The zero-order valence-corrected chi connectivity index (χ0v) is 37.2. The molecular weight excluding hydrogens is 753 g/mol. The number of allylic oxidation sites excluding steroid dienone is 2. The van der Waals surface area contributed by atoms with E-state index < -0.39 is 23.7 Å². The molecule has 5 N–H and O–H groups in total. The van der Waals surface area contributed by atoms with Crippen LogP contribution in [0.1, 0.15) is 147 Å². The van der Waals surface area contributed by atoms with Gasteiger partial charge in [0, 0.05) is 74.1 Å². The molecule has 10 heteroatoms. The third-order valence-corrected chi connectivity index (χ3v) is 13.1. The van der Waals surface area contributed by atoms with E-state index in [0.717, 1.165) is 80.8 Å². The van der Waals surface area contributed by atoms with Gasteiger partial charge in [0.1, 0.15) is 12.5 Å². The second-order valence-electron chi connectivity index (χ2n) is 17.7. The highest BCUT2D eigenvalue weighted by Gasteiger charge is 2.49. The van der Waals surface area contributed by atoms with E-state index in [2.05, 4.69) is 74.5 Å². The largest absolute Gasteiger partial charge is 0.468 e. The molecule has 3 aliphatic rings. The van der Waals surface area contributed by atoms with Gasteiger partial charge in [-0.3, -0.25) is 14.4 Å². The number of hydrogen-bond acceptors (Lipinski definition) is 7. The monoisotopic (exact) mass is 818 g/mol. The molecule has 60 heavy (non-hydrogen) atoms. The van der Waals surface area contributed by atoms with E-state index in [1.54, 1.807) is 0 Å². The molecule has 3 aromatic heterocycles. The Hall–Kier alpha value is -5.09. The van der Waals surface area contributed by atoms with Crippen LogP contribution in [-0.2, 0) is 25.5 Å². The molecule has 0 radical (unpaired) electrons. The molecule has 3 aromatic rings. The number of Topliss-reactive ketones (excluding diaryl/α,β-unsaturated/α-hetero) is 1. The lowest BCUT2D eigenvalue weighted by molar-refractivity contribution is -0.143. The molecule has 0 saturated carbocycles. The molecule has 1 aliphatic carbocycles. The molecular formula is C50H66N4O6. The number of H-pyrrole nitrogens is 3. The number of aromatic nitrogens is 3. The first-order chi connectivity index (χ1) is 28.7. The third kappa shape index (κ3) is 8.99. The number of aromatic amines is 3. The number of aliphatic hydroxyl groups is 1. The fraction of sp³-hybridized carbons (Fsp3) is 0.500. The summed E-state index contributed by atoms with van der Waals surface area (Å²) in [5.74, 6) is -2.06. The van der Waals surface area contributed by atoms with Gasteiger partial charge in [-0.05, 0) is 112 Å². The Bertz CT molecular complexity index is 2360. The predicted molar refractivity (Wildman–Crippen MR) is 240 cm³/mol. The molecule has 322 valence electrons. The van der Waals surface area contributed by atoms with Crippen LogP contribution in [-0.4, -0.2) is 58.1 Å². The van der Waals surface area contributed by atoms with E-state index in [4.69, 9.17) is 9.47 Å². The van der Waals surface area contributed by atoms with Gasteiger partial charge in [-0.2, -0.15) is 0 Å². The Kier molecular flexibility index (Phi) is 14.1. The lowest BCUT2D eigenvalue weighted by Gasteiger charge is -2.20. The van der Waals surface area contributed by atoms with Crippen LogP contribution in [0.3, 0.4) is 0 Å². The highest BCUT2D eigenvalue weighted by molar-refractivity contribution is 6.24. The Balaban J connectivity index is 1.36. The summed E-state index contributed by atoms with van der Waals surface area (Å²) in [5.41, 5.74) is 11.4. The van der Waals surface area contributed by atoms with E-state index in [9.17, 15) is 19.5 Å². The lowest BCUT2D eigenvalue weighted by atomic mass is 9.84. The number of hydrogen-bond donors (Lipinski definition) is 5.